The number of ether oxygens (including phenoxy) is 2. The number of aromatic nitrogens is 2. The van der Waals surface area contributed by atoms with Crippen molar-refractivity contribution in [2.45, 2.75) is 19.4 Å². The first-order valence-electron chi connectivity index (χ1n) is 9.96. The van der Waals surface area contributed by atoms with Crippen molar-refractivity contribution in [2.24, 2.45) is 0 Å². The fourth-order valence-electron chi connectivity index (χ4n) is 3.63. The van der Waals surface area contributed by atoms with Crippen molar-refractivity contribution in [1.82, 2.24) is 15.3 Å². The molecule has 1 aromatic heterocycles. The van der Waals surface area contributed by atoms with Crippen molar-refractivity contribution in [3.63, 3.8) is 0 Å². The molecule has 3 aromatic rings. The standard InChI is InChI=1S/C22H23ClN4O4/c1-13-10-14(4-7-19(13)27-8-3-9-31-22(27)29)21(28)26-18(12-30-2)20-24-16-6-5-15(23)11-17(16)25-20/h4-7,10-11,18H,3,8-9,12H2,1-2H3,(H,24,25)(H,26,28)/t18-/m0/s1. The Bertz CT molecular complexity index is 1130. The molecule has 31 heavy (non-hydrogen) atoms. The van der Waals surface area contributed by atoms with E-state index in [-0.39, 0.29) is 18.6 Å². The highest BCUT2D eigenvalue weighted by atomic mass is 35.5. The first-order chi connectivity index (χ1) is 15.0. The molecule has 0 bridgehead atoms. The number of aryl methyl sites for hydroxylation is 1. The zero-order valence-electron chi connectivity index (χ0n) is 17.3. The second kappa shape index (κ2) is 8.95. The Labute approximate surface area is 184 Å². The van der Waals surface area contributed by atoms with Gasteiger partial charge in [0.05, 0.1) is 24.2 Å². The van der Waals surface area contributed by atoms with Gasteiger partial charge in [0.1, 0.15) is 11.9 Å². The summed E-state index contributed by atoms with van der Waals surface area (Å²) in [7, 11) is 1.56. The van der Waals surface area contributed by atoms with Crippen LogP contribution in [-0.4, -0.2) is 48.8 Å². The average molecular weight is 443 g/mol. The molecule has 2 N–H and O–H groups in total. The third-order valence-corrected chi connectivity index (χ3v) is 5.39. The van der Waals surface area contributed by atoms with E-state index in [1.165, 1.54) is 0 Å². The van der Waals surface area contributed by atoms with Crippen molar-refractivity contribution in [2.75, 3.05) is 31.8 Å². The molecule has 1 aliphatic heterocycles. The van der Waals surface area contributed by atoms with Crippen molar-refractivity contribution in [3.05, 3.63) is 58.4 Å². The van der Waals surface area contributed by atoms with Crippen LogP contribution in [0.25, 0.3) is 11.0 Å². The summed E-state index contributed by atoms with van der Waals surface area (Å²) < 4.78 is 10.4. The second-order valence-corrected chi connectivity index (χ2v) is 7.82. The van der Waals surface area contributed by atoms with Gasteiger partial charge >= 0.3 is 6.09 Å². The summed E-state index contributed by atoms with van der Waals surface area (Å²) >= 11 is 6.05. The number of hydrogen-bond acceptors (Lipinski definition) is 5. The number of nitrogens with zero attached hydrogens (tertiary/aromatic N) is 2. The highest BCUT2D eigenvalue weighted by molar-refractivity contribution is 6.31. The Balaban J connectivity index is 1.54. The molecular formula is C22H23ClN4O4. The van der Waals surface area contributed by atoms with Gasteiger partial charge < -0.3 is 19.8 Å². The summed E-state index contributed by atoms with van der Waals surface area (Å²) in [5, 5.41) is 3.55. The number of amides is 2. The number of carbonyl (C=O) groups is 2. The number of aromatic amines is 1. The second-order valence-electron chi connectivity index (χ2n) is 7.39. The predicted molar refractivity (Wildman–Crippen MR) is 118 cm³/mol. The van der Waals surface area contributed by atoms with Gasteiger partial charge in [-0.1, -0.05) is 11.6 Å². The van der Waals surface area contributed by atoms with Crippen LogP contribution < -0.4 is 10.2 Å². The van der Waals surface area contributed by atoms with Crippen LogP contribution in [0.1, 0.15) is 34.2 Å². The number of hydrogen-bond donors (Lipinski definition) is 2. The van der Waals surface area contributed by atoms with E-state index in [0.717, 1.165) is 23.2 Å². The molecule has 4 rings (SSSR count). The van der Waals surface area contributed by atoms with Crippen LogP contribution in [0.15, 0.2) is 36.4 Å². The molecule has 9 heteroatoms. The molecule has 1 fully saturated rings. The average Bonchev–Trinajstić information content (AvgIpc) is 3.17. The molecule has 8 nitrogen and oxygen atoms in total. The minimum Gasteiger partial charge on any atom is -0.449 e. The van der Waals surface area contributed by atoms with E-state index in [2.05, 4.69) is 15.3 Å². The van der Waals surface area contributed by atoms with Crippen LogP contribution in [0.2, 0.25) is 5.02 Å². The molecule has 1 atom stereocenters. The van der Waals surface area contributed by atoms with Gasteiger partial charge in [-0.3, -0.25) is 9.69 Å². The van der Waals surface area contributed by atoms with Crippen LogP contribution in [-0.2, 0) is 9.47 Å². The van der Waals surface area contributed by atoms with Gasteiger partial charge in [0.25, 0.3) is 5.91 Å². The lowest BCUT2D eigenvalue weighted by Gasteiger charge is -2.27. The SMILES string of the molecule is COC[C@H](NC(=O)c1ccc(N2CCCOC2=O)c(C)c1)c1nc2cc(Cl)ccc2[nH]1. The fraction of sp³-hybridized carbons (Fsp3) is 0.318. The van der Waals surface area contributed by atoms with Gasteiger partial charge in [-0.05, 0) is 55.3 Å². The van der Waals surface area contributed by atoms with E-state index in [4.69, 9.17) is 21.1 Å². The zero-order chi connectivity index (χ0) is 22.0. The Morgan fingerprint density at radius 2 is 2.19 bits per heavy atom. The van der Waals surface area contributed by atoms with Gasteiger partial charge in [-0.2, -0.15) is 0 Å². The van der Waals surface area contributed by atoms with E-state index >= 15 is 0 Å². The number of benzene rings is 2. The summed E-state index contributed by atoms with van der Waals surface area (Å²) in [6, 6.07) is 10.1. The summed E-state index contributed by atoms with van der Waals surface area (Å²) in [5.41, 5.74) is 3.57. The number of halogens is 1. The third kappa shape index (κ3) is 4.50. The van der Waals surface area contributed by atoms with Crippen molar-refractivity contribution in [3.8, 4) is 0 Å². The fourth-order valence-corrected chi connectivity index (χ4v) is 3.80. The molecule has 0 radical (unpaired) electrons. The summed E-state index contributed by atoms with van der Waals surface area (Å²) in [4.78, 5) is 34.3. The largest absolute Gasteiger partial charge is 0.449 e. The Kier molecular flexibility index (Phi) is 6.11. The normalized spacial score (nSPS) is 15.1. The quantitative estimate of drug-likeness (QED) is 0.601. The van der Waals surface area contributed by atoms with Gasteiger partial charge in [0.15, 0.2) is 0 Å². The summed E-state index contributed by atoms with van der Waals surface area (Å²) in [6.07, 6.45) is 0.408. The summed E-state index contributed by atoms with van der Waals surface area (Å²) in [6.45, 7) is 3.14. The predicted octanol–water partition coefficient (Wildman–Crippen LogP) is 3.99. The van der Waals surface area contributed by atoms with E-state index in [1.807, 2.05) is 13.0 Å². The number of imidazole rings is 1. The zero-order valence-corrected chi connectivity index (χ0v) is 18.0. The number of H-pyrrole nitrogens is 1. The summed E-state index contributed by atoms with van der Waals surface area (Å²) in [5.74, 6) is 0.313. The Hall–Kier alpha value is -3.10. The lowest BCUT2D eigenvalue weighted by Crippen LogP contribution is -2.38. The molecule has 2 amide bonds. The maximum Gasteiger partial charge on any atom is 0.414 e. The molecule has 0 spiro atoms. The van der Waals surface area contributed by atoms with E-state index in [1.54, 1.807) is 42.3 Å². The van der Waals surface area contributed by atoms with E-state index < -0.39 is 6.04 Å². The van der Waals surface area contributed by atoms with E-state index in [0.29, 0.717) is 35.1 Å². The first kappa shape index (κ1) is 21.1. The van der Waals surface area contributed by atoms with Crippen molar-refractivity contribution >= 4 is 40.3 Å². The monoisotopic (exact) mass is 442 g/mol. The number of fused-ring (bicyclic) bond motifs is 1. The molecule has 2 aromatic carbocycles. The number of methoxy groups -OCH3 is 1. The third-order valence-electron chi connectivity index (χ3n) is 5.15. The maximum atomic E-state index is 12.9. The molecule has 0 saturated carbocycles. The van der Waals surface area contributed by atoms with Crippen LogP contribution in [0.3, 0.4) is 0 Å². The van der Waals surface area contributed by atoms with Gasteiger partial charge in [0.2, 0.25) is 0 Å². The lowest BCUT2D eigenvalue weighted by atomic mass is 10.1. The highest BCUT2D eigenvalue weighted by Crippen LogP contribution is 2.25. The lowest BCUT2D eigenvalue weighted by molar-refractivity contribution is 0.0892. The minimum atomic E-state index is -0.472. The van der Waals surface area contributed by atoms with E-state index in [9.17, 15) is 9.59 Å². The van der Waals surface area contributed by atoms with Gasteiger partial charge in [-0.25, -0.2) is 9.78 Å². The van der Waals surface area contributed by atoms with Gasteiger partial charge in [0, 0.05) is 29.9 Å². The number of anilines is 1. The van der Waals surface area contributed by atoms with Gasteiger partial charge in [-0.15, -0.1) is 0 Å². The molecule has 0 aliphatic carbocycles. The maximum absolute atomic E-state index is 12.9. The highest BCUT2D eigenvalue weighted by Gasteiger charge is 2.24. The van der Waals surface area contributed by atoms with Crippen LogP contribution in [0.4, 0.5) is 10.5 Å². The molecule has 0 unspecified atom stereocenters. The molecule has 1 aliphatic rings. The smallest absolute Gasteiger partial charge is 0.414 e. The molecule has 162 valence electrons. The number of nitrogens with one attached hydrogen (secondary N) is 2. The van der Waals surface area contributed by atoms with Crippen molar-refractivity contribution < 1.29 is 19.1 Å². The Morgan fingerprint density at radius 3 is 2.94 bits per heavy atom. The molecule has 1 saturated heterocycles. The van der Waals surface area contributed by atoms with Crippen LogP contribution >= 0.6 is 11.6 Å². The van der Waals surface area contributed by atoms with Crippen LogP contribution in [0.5, 0.6) is 0 Å². The molecular weight excluding hydrogens is 420 g/mol. The number of carbonyl (C=O) groups excluding carboxylic acids is 2. The first-order valence-corrected chi connectivity index (χ1v) is 10.3. The number of cyclic esters (lactones) is 1. The minimum absolute atomic E-state index is 0.246. The Morgan fingerprint density at radius 1 is 1.35 bits per heavy atom. The van der Waals surface area contributed by atoms with Crippen LogP contribution in [0, 0.1) is 6.92 Å². The topological polar surface area (TPSA) is 96.6 Å². The molecule has 2 heterocycles. The number of rotatable bonds is 6. The van der Waals surface area contributed by atoms with Crippen molar-refractivity contribution in [1.29, 1.82) is 0 Å².